The Morgan fingerprint density at radius 1 is 1.38 bits per heavy atom. The van der Waals surface area contributed by atoms with Gasteiger partial charge in [0.25, 0.3) is 5.91 Å². The number of aliphatic hydroxyl groups is 1. The second-order valence-electron chi connectivity index (χ2n) is 5.02. The first kappa shape index (κ1) is 14.3. The molecule has 0 spiro atoms. The molecule has 1 aliphatic heterocycles. The summed E-state index contributed by atoms with van der Waals surface area (Å²) in [5.74, 6) is -0.317. The summed E-state index contributed by atoms with van der Waals surface area (Å²) in [4.78, 5) is 16.6. The Hall–Kier alpha value is -1.69. The van der Waals surface area contributed by atoms with Crippen molar-refractivity contribution in [2.24, 2.45) is 0 Å². The van der Waals surface area contributed by atoms with Gasteiger partial charge in [0.05, 0.1) is 29.3 Å². The highest BCUT2D eigenvalue weighted by Gasteiger charge is 2.25. The number of rotatable bonds is 2. The average Bonchev–Trinajstić information content (AvgIpc) is 2.50. The van der Waals surface area contributed by atoms with E-state index >= 15 is 0 Å². The zero-order chi connectivity index (χ0) is 14.8. The minimum absolute atomic E-state index is 0.238. The summed E-state index contributed by atoms with van der Waals surface area (Å²) in [7, 11) is 0. The minimum Gasteiger partial charge on any atom is -0.389 e. The number of nitrogens with zero attached hydrogens (tertiary/aromatic N) is 1. The number of amides is 1. The number of para-hydroxylation sites is 1. The average molecular weight is 307 g/mol. The number of nitrogens with one attached hydrogen (secondary N) is 1. The molecule has 110 valence electrons. The van der Waals surface area contributed by atoms with Crippen LogP contribution in [0.15, 0.2) is 30.3 Å². The molecule has 2 aromatic rings. The summed E-state index contributed by atoms with van der Waals surface area (Å²) < 4.78 is 5.14. The van der Waals surface area contributed by atoms with E-state index in [1.54, 1.807) is 12.1 Å². The Labute approximate surface area is 126 Å². The van der Waals surface area contributed by atoms with Crippen molar-refractivity contribution in [2.45, 2.75) is 18.6 Å². The van der Waals surface area contributed by atoms with E-state index in [0.717, 1.165) is 5.39 Å². The summed E-state index contributed by atoms with van der Waals surface area (Å²) in [5.41, 5.74) is 0.883. The van der Waals surface area contributed by atoms with Gasteiger partial charge in [-0.25, -0.2) is 4.98 Å². The van der Waals surface area contributed by atoms with Crippen molar-refractivity contribution < 1.29 is 14.6 Å². The Kier molecular flexibility index (Phi) is 4.05. The van der Waals surface area contributed by atoms with Gasteiger partial charge in [-0.15, -0.1) is 0 Å². The fourth-order valence-corrected chi connectivity index (χ4v) is 2.60. The van der Waals surface area contributed by atoms with Gasteiger partial charge >= 0.3 is 0 Å². The zero-order valence-corrected chi connectivity index (χ0v) is 12.0. The molecule has 1 saturated heterocycles. The third-order valence-electron chi connectivity index (χ3n) is 3.55. The summed E-state index contributed by atoms with van der Waals surface area (Å²) in [6, 6.07) is 8.61. The lowest BCUT2D eigenvalue weighted by Gasteiger charge is -2.28. The topological polar surface area (TPSA) is 71.5 Å². The quantitative estimate of drug-likeness (QED) is 0.887. The van der Waals surface area contributed by atoms with E-state index in [1.165, 1.54) is 0 Å². The fourth-order valence-electron chi connectivity index (χ4n) is 2.37. The SMILES string of the molecule is O=C(N[C@@H]1CCOC[C@H]1O)c1ccc2cccc(Cl)c2n1. The molecule has 5 nitrogen and oxygen atoms in total. The maximum absolute atomic E-state index is 12.2. The van der Waals surface area contributed by atoms with Crippen LogP contribution in [0.4, 0.5) is 0 Å². The van der Waals surface area contributed by atoms with E-state index in [-0.39, 0.29) is 24.2 Å². The Morgan fingerprint density at radius 3 is 3.05 bits per heavy atom. The Balaban J connectivity index is 1.82. The number of fused-ring (bicyclic) bond motifs is 1. The molecule has 0 aliphatic carbocycles. The van der Waals surface area contributed by atoms with Gasteiger partial charge in [-0.2, -0.15) is 0 Å². The van der Waals surface area contributed by atoms with Crippen molar-refractivity contribution in [3.8, 4) is 0 Å². The first-order chi connectivity index (χ1) is 10.1. The minimum atomic E-state index is -0.688. The van der Waals surface area contributed by atoms with E-state index < -0.39 is 6.10 Å². The van der Waals surface area contributed by atoms with E-state index in [2.05, 4.69) is 10.3 Å². The number of aliphatic hydroxyl groups excluding tert-OH is 1. The highest BCUT2D eigenvalue weighted by molar-refractivity contribution is 6.35. The van der Waals surface area contributed by atoms with Gasteiger partial charge in [0.15, 0.2) is 0 Å². The predicted octanol–water partition coefficient (Wildman–Crippen LogP) is 1.77. The highest BCUT2D eigenvalue weighted by Crippen LogP contribution is 2.21. The van der Waals surface area contributed by atoms with Crippen molar-refractivity contribution >= 4 is 28.4 Å². The number of halogens is 1. The van der Waals surface area contributed by atoms with Crippen LogP contribution in [0.1, 0.15) is 16.9 Å². The van der Waals surface area contributed by atoms with Gasteiger partial charge in [-0.1, -0.05) is 29.8 Å². The van der Waals surface area contributed by atoms with Crippen LogP contribution in [0.3, 0.4) is 0 Å². The van der Waals surface area contributed by atoms with Gasteiger partial charge in [-0.05, 0) is 18.6 Å². The van der Waals surface area contributed by atoms with Crippen LogP contribution < -0.4 is 5.32 Å². The lowest BCUT2D eigenvalue weighted by Crippen LogP contribution is -2.48. The van der Waals surface area contributed by atoms with Crippen molar-refractivity contribution in [1.29, 1.82) is 0 Å². The largest absolute Gasteiger partial charge is 0.389 e. The lowest BCUT2D eigenvalue weighted by atomic mass is 10.1. The molecule has 1 amide bonds. The molecule has 1 fully saturated rings. The molecule has 2 N–H and O–H groups in total. The van der Waals surface area contributed by atoms with E-state index in [9.17, 15) is 9.90 Å². The molecule has 2 atom stereocenters. The molecule has 0 radical (unpaired) electrons. The first-order valence-electron chi connectivity index (χ1n) is 6.77. The van der Waals surface area contributed by atoms with Crippen LogP contribution in [0.2, 0.25) is 5.02 Å². The molecular weight excluding hydrogens is 292 g/mol. The van der Waals surface area contributed by atoms with Gasteiger partial charge in [-0.3, -0.25) is 4.79 Å². The second-order valence-corrected chi connectivity index (χ2v) is 5.43. The molecule has 0 bridgehead atoms. The monoisotopic (exact) mass is 306 g/mol. The van der Waals surface area contributed by atoms with Gasteiger partial charge in [0.1, 0.15) is 5.69 Å². The lowest BCUT2D eigenvalue weighted by molar-refractivity contribution is -0.0261. The van der Waals surface area contributed by atoms with Crippen molar-refractivity contribution in [2.75, 3.05) is 13.2 Å². The zero-order valence-electron chi connectivity index (χ0n) is 11.3. The summed E-state index contributed by atoms with van der Waals surface area (Å²) in [5, 5.41) is 14.0. The summed E-state index contributed by atoms with van der Waals surface area (Å²) in [6.07, 6.45) is -0.104. The molecule has 2 heterocycles. The van der Waals surface area contributed by atoms with E-state index in [4.69, 9.17) is 16.3 Å². The predicted molar refractivity (Wildman–Crippen MR) is 79.5 cm³/mol. The molecule has 21 heavy (non-hydrogen) atoms. The van der Waals surface area contributed by atoms with Gasteiger partial charge < -0.3 is 15.2 Å². The summed E-state index contributed by atoms with van der Waals surface area (Å²) in [6.45, 7) is 0.765. The second kappa shape index (κ2) is 5.97. The summed E-state index contributed by atoms with van der Waals surface area (Å²) >= 11 is 6.10. The molecule has 0 saturated carbocycles. The Bertz CT molecular complexity index is 677. The number of hydrogen-bond donors (Lipinski definition) is 2. The molecule has 1 aromatic carbocycles. The molecular formula is C15H15ClN2O3. The number of benzene rings is 1. The fraction of sp³-hybridized carbons (Fsp3) is 0.333. The van der Waals surface area contributed by atoms with Crippen LogP contribution in [-0.2, 0) is 4.74 Å². The van der Waals surface area contributed by atoms with Crippen molar-refractivity contribution in [3.05, 3.63) is 41.0 Å². The molecule has 1 aliphatic rings. The number of pyridine rings is 1. The highest BCUT2D eigenvalue weighted by atomic mass is 35.5. The number of carbonyl (C=O) groups excluding carboxylic acids is 1. The molecule has 6 heteroatoms. The van der Waals surface area contributed by atoms with Crippen LogP contribution in [0.25, 0.3) is 10.9 Å². The van der Waals surface area contributed by atoms with Crippen LogP contribution in [0.5, 0.6) is 0 Å². The van der Waals surface area contributed by atoms with E-state index in [1.807, 2.05) is 18.2 Å². The van der Waals surface area contributed by atoms with E-state index in [0.29, 0.717) is 23.6 Å². The van der Waals surface area contributed by atoms with Crippen molar-refractivity contribution in [1.82, 2.24) is 10.3 Å². The number of carbonyl (C=O) groups is 1. The third-order valence-corrected chi connectivity index (χ3v) is 3.85. The normalized spacial score (nSPS) is 22.2. The number of ether oxygens (including phenoxy) is 1. The first-order valence-corrected chi connectivity index (χ1v) is 7.15. The van der Waals surface area contributed by atoms with Crippen LogP contribution in [0, 0.1) is 0 Å². The smallest absolute Gasteiger partial charge is 0.270 e. The van der Waals surface area contributed by atoms with Crippen LogP contribution >= 0.6 is 11.6 Å². The molecule has 3 rings (SSSR count). The third kappa shape index (κ3) is 3.00. The number of hydrogen-bond acceptors (Lipinski definition) is 4. The molecule has 0 unspecified atom stereocenters. The Morgan fingerprint density at radius 2 is 2.24 bits per heavy atom. The van der Waals surface area contributed by atoms with Gasteiger partial charge in [0, 0.05) is 12.0 Å². The van der Waals surface area contributed by atoms with Crippen LogP contribution in [-0.4, -0.2) is 41.4 Å². The van der Waals surface area contributed by atoms with Gasteiger partial charge in [0.2, 0.25) is 0 Å². The number of aromatic nitrogens is 1. The maximum Gasteiger partial charge on any atom is 0.270 e. The standard InChI is InChI=1S/C15H15ClN2O3/c16-10-3-1-2-9-4-5-12(17-14(9)10)15(20)18-11-6-7-21-8-13(11)19/h1-5,11,13,19H,6-8H2,(H,18,20)/t11-,13-/m1/s1. The van der Waals surface area contributed by atoms with Crippen molar-refractivity contribution in [3.63, 3.8) is 0 Å². The maximum atomic E-state index is 12.2. The molecule has 1 aromatic heterocycles.